The average molecular weight is 295 g/mol. The third kappa shape index (κ3) is 7.94. The van der Waals surface area contributed by atoms with Crippen LogP contribution in [0.25, 0.3) is 0 Å². The van der Waals surface area contributed by atoms with E-state index in [0.717, 1.165) is 6.42 Å². The van der Waals surface area contributed by atoms with Crippen molar-refractivity contribution in [2.45, 2.75) is 71.1 Å². The van der Waals surface area contributed by atoms with E-state index < -0.39 is 0 Å². The number of thiol groups is 1. The number of carbonyl (C=O) groups excluding carboxylic acids is 1. The Morgan fingerprint density at radius 1 is 1.00 bits per heavy atom. The molecule has 1 nitrogen and oxygen atoms in total. The molecule has 0 aromatic rings. The summed E-state index contributed by atoms with van der Waals surface area (Å²) in [5.74, 6) is 0.908. The summed E-state index contributed by atoms with van der Waals surface area (Å²) in [7, 11) is 0. The van der Waals surface area contributed by atoms with Gasteiger partial charge >= 0.3 is 0 Å². The Morgan fingerprint density at radius 2 is 1.55 bits per heavy atom. The molecule has 1 aliphatic carbocycles. The highest BCUT2D eigenvalue weighted by Crippen LogP contribution is 2.28. The molecule has 1 unspecified atom stereocenters. The molecule has 0 aromatic carbocycles. The summed E-state index contributed by atoms with van der Waals surface area (Å²) in [4.78, 5) is 11.3. The van der Waals surface area contributed by atoms with Gasteiger partial charge in [-0.25, -0.2) is 0 Å². The van der Waals surface area contributed by atoms with Crippen LogP contribution in [0.5, 0.6) is 0 Å². The largest absolute Gasteiger partial charge is 0.287 e. The molecule has 0 fully saturated rings. The Balaban J connectivity index is 2.11. The summed E-state index contributed by atoms with van der Waals surface area (Å²) >= 11 is 3.95. The molecule has 0 aromatic heterocycles. The van der Waals surface area contributed by atoms with Crippen molar-refractivity contribution in [1.29, 1.82) is 0 Å². The molecule has 1 atom stereocenters. The lowest BCUT2D eigenvalue weighted by atomic mass is 9.86. The molecule has 114 valence electrons. The zero-order valence-electron chi connectivity index (χ0n) is 12.9. The van der Waals surface area contributed by atoms with Gasteiger partial charge in [-0.15, -0.1) is 12.6 Å². The second-order valence-electron chi connectivity index (χ2n) is 5.97. The lowest BCUT2D eigenvalue weighted by Gasteiger charge is -2.19. The fourth-order valence-electron chi connectivity index (χ4n) is 2.96. The first-order valence-corrected chi connectivity index (χ1v) is 8.75. The van der Waals surface area contributed by atoms with E-state index in [1.54, 1.807) is 0 Å². The van der Waals surface area contributed by atoms with Gasteiger partial charge in [0.2, 0.25) is 0 Å². The van der Waals surface area contributed by atoms with Gasteiger partial charge in [0, 0.05) is 6.42 Å². The third-order valence-electron chi connectivity index (χ3n) is 4.19. The quantitative estimate of drug-likeness (QED) is 0.360. The van der Waals surface area contributed by atoms with Gasteiger partial charge in [0.15, 0.2) is 5.12 Å². The Bertz CT molecular complexity index is 307. The monoisotopic (exact) mass is 294 g/mol. The summed E-state index contributed by atoms with van der Waals surface area (Å²) in [5.41, 5.74) is 0. The Labute approximate surface area is 130 Å². The molecule has 0 radical (unpaired) electrons. The minimum atomic E-state index is 0.0308. The lowest BCUT2D eigenvalue weighted by Crippen LogP contribution is -2.12. The lowest BCUT2D eigenvalue weighted by molar-refractivity contribution is -0.111. The fourth-order valence-corrected chi connectivity index (χ4v) is 3.19. The molecule has 2 heteroatoms. The Kier molecular flexibility index (Phi) is 9.82. The van der Waals surface area contributed by atoms with Gasteiger partial charge in [0.25, 0.3) is 0 Å². The number of carbonyl (C=O) groups is 1. The van der Waals surface area contributed by atoms with Crippen molar-refractivity contribution < 1.29 is 4.79 Å². The maximum atomic E-state index is 11.3. The minimum absolute atomic E-state index is 0.0308. The highest BCUT2D eigenvalue weighted by atomic mass is 32.1. The molecular weight excluding hydrogens is 264 g/mol. The van der Waals surface area contributed by atoms with Crippen molar-refractivity contribution >= 4 is 17.7 Å². The maximum absolute atomic E-state index is 11.3. The van der Waals surface area contributed by atoms with Gasteiger partial charge in [0.05, 0.1) is 0 Å². The molecular formula is C18H30OS. The predicted octanol–water partition coefficient (Wildman–Crippen LogP) is 5.72. The average Bonchev–Trinajstić information content (AvgIpc) is 2.94. The third-order valence-corrected chi connectivity index (χ3v) is 4.37. The van der Waals surface area contributed by atoms with Crippen molar-refractivity contribution in [2.24, 2.45) is 11.8 Å². The second-order valence-corrected chi connectivity index (χ2v) is 6.47. The summed E-state index contributed by atoms with van der Waals surface area (Å²) < 4.78 is 0. The van der Waals surface area contributed by atoms with Crippen molar-refractivity contribution in [3.05, 3.63) is 24.3 Å². The van der Waals surface area contributed by atoms with E-state index in [9.17, 15) is 4.79 Å². The van der Waals surface area contributed by atoms with E-state index in [4.69, 9.17) is 0 Å². The van der Waals surface area contributed by atoms with Crippen molar-refractivity contribution in [2.75, 3.05) is 0 Å². The van der Waals surface area contributed by atoms with Gasteiger partial charge in [-0.05, 0) is 18.3 Å². The second kappa shape index (κ2) is 11.2. The van der Waals surface area contributed by atoms with E-state index in [0.29, 0.717) is 18.3 Å². The topological polar surface area (TPSA) is 17.1 Å². The first-order chi connectivity index (χ1) is 9.74. The highest BCUT2D eigenvalue weighted by molar-refractivity contribution is 7.96. The SMILES string of the molecule is CCCCCCCCCCC(CC(=O)S)C1C=CC=C1. The molecule has 1 aliphatic rings. The Hall–Kier alpha value is -0.500. The van der Waals surface area contributed by atoms with Crippen LogP contribution in [-0.4, -0.2) is 5.12 Å². The first-order valence-electron chi connectivity index (χ1n) is 8.30. The van der Waals surface area contributed by atoms with Gasteiger partial charge < -0.3 is 0 Å². The van der Waals surface area contributed by atoms with Crippen LogP contribution in [0.1, 0.15) is 71.1 Å². The van der Waals surface area contributed by atoms with Crippen LogP contribution in [0.3, 0.4) is 0 Å². The van der Waals surface area contributed by atoms with E-state index >= 15 is 0 Å². The molecule has 0 heterocycles. The van der Waals surface area contributed by atoms with E-state index in [-0.39, 0.29) is 5.12 Å². The zero-order valence-corrected chi connectivity index (χ0v) is 13.8. The molecule has 0 aliphatic heterocycles. The Morgan fingerprint density at radius 3 is 2.10 bits per heavy atom. The van der Waals surface area contributed by atoms with Crippen LogP contribution in [0, 0.1) is 11.8 Å². The number of hydrogen-bond donors (Lipinski definition) is 1. The molecule has 0 spiro atoms. The number of allylic oxidation sites excluding steroid dienone is 4. The number of rotatable bonds is 12. The van der Waals surface area contributed by atoms with Crippen LogP contribution >= 0.6 is 12.6 Å². The molecule has 20 heavy (non-hydrogen) atoms. The van der Waals surface area contributed by atoms with Crippen LogP contribution in [0.4, 0.5) is 0 Å². The first kappa shape index (κ1) is 17.6. The summed E-state index contributed by atoms with van der Waals surface area (Å²) in [6, 6.07) is 0. The molecule has 0 bridgehead atoms. The number of hydrogen-bond acceptors (Lipinski definition) is 1. The number of unbranched alkanes of at least 4 members (excludes halogenated alkanes) is 7. The smallest absolute Gasteiger partial charge is 0.186 e. The molecule has 1 rings (SSSR count). The summed E-state index contributed by atoms with van der Waals surface area (Å²) in [6.07, 6.45) is 21.1. The standard InChI is InChI=1S/C18H30OS/c1-2-3-4-5-6-7-8-9-14-17(15-18(19)20)16-12-10-11-13-16/h10-13,16-17H,2-9,14-15H2,1H3,(H,19,20). The van der Waals surface area contributed by atoms with Crippen LogP contribution in [-0.2, 0) is 4.79 Å². The van der Waals surface area contributed by atoms with Gasteiger partial charge in [-0.3, -0.25) is 4.79 Å². The van der Waals surface area contributed by atoms with E-state index in [1.807, 2.05) is 0 Å². The fraction of sp³-hybridized carbons (Fsp3) is 0.722. The molecule has 0 N–H and O–H groups in total. The highest BCUT2D eigenvalue weighted by Gasteiger charge is 2.20. The van der Waals surface area contributed by atoms with Gasteiger partial charge in [-0.2, -0.15) is 0 Å². The van der Waals surface area contributed by atoms with E-state index in [2.05, 4.69) is 43.9 Å². The summed E-state index contributed by atoms with van der Waals surface area (Å²) in [5, 5.41) is 0.0308. The normalized spacial score (nSPS) is 15.9. The van der Waals surface area contributed by atoms with Crippen LogP contribution < -0.4 is 0 Å². The van der Waals surface area contributed by atoms with Crippen LogP contribution in [0.2, 0.25) is 0 Å². The van der Waals surface area contributed by atoms with Crippen LogP contribution in [0.15, 0.2) is 24.3 Å². The van der Waals surface area contributed by atoms with Gasteiger partial charge in [-0.1, -0.05) is 82.6 Å². The summed E-state index contributed by atoms with van der Waals surface area (Å²) in [6.45, 7) is 2.26. The van der Waals surface area contributed by atoms with Crippen molar-refractivity contribution in [3.63, 3.8) is 0 Å². The van der Waals surface area contributed by atoms with Crippen molar-refractivity contribution in [3.8, 4) is 0 Å². The zero-order chi connectivity index (χ0) is 14.6. The molecule has 0 amide bonds. The molecule has 0 saturated heterocycles. The van der Waals surface area contributed by atoms with Gasteiger partial charge in [0.1, 0.15) is 0 Å². The minimum Gasteiger partial charge on any atom is -0.287 e. The van der Waals surface area contributed by atoms with E-state index in [1.165, 1.54) is 51.4 Å². The predicted molar refractivity (Wildman–Crippen MR) is 91.1 cm³/mol. The maximum Gasteiger partial charge on any atom is 0.186 e. The molecule has 0 saturated carbocycles. The van der Waals surface area contributed by atoms with Crippen molar-refractivity contribution in [1.82, 2.24) is 0 Å².